The van der Waals surface area contributed by atoms with Crippen molar-refractivity contribution in [2.24, 2.45) is 7.05 Å². The summed E-state index contributed by atoms with van der Waals surface area (Å²) in [6.07, 6.45) is 7.02. The number of hydrogen-bond acceptors (Lipinski definition) is 4. The molecule has 1 N–H and O–H groups in total. The van der Waals surface area contributed by atoms with Gasteiger partial charge in [-0.3, -0.25) is 4.79 Å². The van der Waals surface area contributed by atoms with Gasteiger partial charge in [-0.15, -0.1) is 10.2 Å². The van der Waals surface area contributed by atoms with Gasteiger partial charge < -0.3 is 14.5 Å². The van der Waals surface area contributed by atoms with Crippen molar-refractivity contribution in [3.63, 3.8) is 0 Å². The summed E-state index contributed by atoms with van der Waals surface area (Å²) in [5.41, 5.74) is 0.956. The monoisotopic (exact) mass is 368 g/mol. The zero-order valence-corrected chi connectivity index (χ0v) is 15.3. The van der Waals surface area contributed by atoms with E-state index in [-0.39, 0.29) is 23.7 Å². The minimum atomic E-state index is -0.302. The fourth-order valence-corrected chi connectivity index (χ4v) is 3.41. The van der Waals surface area contributed by atoms with E-state index in [4.69, 9.17) is 0 Å². The number of aromatic nitrogens is 5. The predicted octanol–water partition coefficient (Wildman–Crippen LogP) is 2.18. The van der Waals surface area contributed by atoms with Crippen LogP contribution in [0.15, 0.2) is 36.9 Å². The molecule has 1 aliphatic rings. The molecule has 7 nitrogen and oxygen atoms in total. The minimum absolute atomic E-state index is 0.0988. The molecule has 0 bridgehead atoms. The van der Waals surface area contributed by atoms with Crippen LogP contribution in [0.1, 0.15) is 46.3 Å². The first-order valence-corrected chi connectivity index (χ1v) is 8.92. The lowest BCUT2D eigenvalue weighted by Crippen LogP contribution is -2.44. The Bertz CT molecular complexity index is 959. The summed E-state index contributed by atoms with van der Waals surface area (Å²) in [5, 5.41) is 11.6. The molecule has 1 aromatic carbocycles. The standard InChI is InChI=1S/C19H21FN6O/c1-12-7-13(3-4-16(12)20)19(27)22-15-8-14(9-15)18-24-23-17(25(18)2)10-26-6-5-21-11-26/h3-7,11,14-15H,8-10H2,1-2H3,(H,22,27). The zero-order valence-electron chi connectivity index (χ0n) is 15.3. The van der Waals surface area contributed by atoms with Crippen molar-refractivity contribution in [2.75, 3.05) is 0 Å². The summed E-state index contributed by atoms with van der Waals surface area (Å²) in [6.45, 7) is 2.28. The van der Waals surface area contributed by atoms with Crippen molar-refractivity contribution in [2.45, 2.75) is 38.3 Å². The molecule has 140 valence electrons. The van der Waals surface area contributed by atoms with Gasteiger partial charge in [-0.2, -0.15) is 0 Å². The number of carbonyl (C=O) groups is 1. The molecule has 2 aromatic heterocycles. The number of halogens is 1. The summed E-state index contributed by atoms with van der Waals surface area (Å²) in [5.74, 6) is 1.62. The Labute approximate surface area is 156 Å². The molecule has 4 rings (SSSR count). The van der Waals surface area contributed by atoms with Gasteiger partial charge in [0.1, 0.15) is 11.6 Å². The highest BCUT2D eigenvalue weighted by Crippen LogP contribution is 2.36. The first-order chi connectivity index (χ1) is 13.0. The number of amides is 1. The molecule has 0 atom stereocenters. The van der Waals surface area contributed by atoms with Gasteiger partial charge >= 0.3 is 0 Å². The molecule has 2 heterocycles. The maximum Gasteiger partial charge on any atom is 0.251 e. The van der Waals surface area contributed by atoms with Gasteiger partial charge in [0.05, 0.1) is 12.9 Å². The van der Waals surface area contributed by atoms with E-state index >= 15 is 0 Å². The lowest BCUT2D eigenvalue weighted by Gasteiger charge is -2.35. The molecule has 1 fully saturated rings. The van der Waals surface area contributed by atoms with Gasteiger partial charge in [0.15, 0.2) is 5.82 Å². The Hall–Kier alpha value is -3.03. The molecule has 3 aromatic rings. The van der Waals surface area contributed by atoms with Gasteiger partial charge in [0.2, 0.25) is 0 Å². The topological polar surface area (TPSA) is 77.6 Å². The van der Waals surface area contributed by atoms with Crippen molar-refractivity contribution in [3.05, 3.63) is 65.5 Å². The fraction of sp³-hybridized carbons (Fsp3) is 0.368. The summed E-state index contributed by atoms with van der Waals surface area (Å²) < 4.78 is 17.3. The molecule has 27 heavy (non-hydrogen) atoms. The number of imidazole rings is 1. The maximum atomic E-state index is 13.3. The Morgan fingerprint density at radius 2 is 2.15 bits per heavy atom. The van der Waals surface area contributed by atoms with Crippen LogP contribution in [0.2, 0.25) is 0 Å². The van der Waals surface area contributed by atoms with Crippen LogP contribution in [0.4, 0.5) is 4.39 Å². The average Bonchev–Trinajstić information content (AvgIpc) is 3.24. The van der Waals surface area contributed by atoms with E-state index in [9.17, 15) is 9.18 Å². The van der Waals surface area contributed by atoms with E-state index in [1.165, 1.54) is 12.1 Å². The van der Waals surface area contributed by atoms with Crippen molar-refractivity contribution in [1.82, 2.24) is 29.6 Å². The van der Waals surface area contributed by atoms with Crippen molar-refractivity contribution >= 4 is 5.91 Å². The lowest BCUT2D eigenvalue weighted by atomic mass is 9.79. The normalized spacial score (nSPS) is 18.9. The van der Waals surface area contributed by atoms with Crippen LogP contribution < -0.4 is 5.32 Å². The largest absolute Gasteiger partial charge is 0.349 e. The van der Waals surface area contributed by atoms with Gasteiger partial charge in [-0.05, 0) is 43.5 Å². The predicted molar refractivity (Wildman–Crippen MR) is 96.7 cm³/mol. The number of benzene rings is 1. The number of hydrogen-bond donors (Lipinski definition) is 1. The van der Waals surface area contributed by atoms with E-state index in [2.05, 4.69) is 20.5 Å². The second kappa shape index (κ2) is 6.94. The third kappa shape index (κ3) is 3.47. The highest BCUT2D eigenvalue weighted by molar-refractivity contribution is 5.94. The van der Waals surface area contributed by atoms with Crippen LogP contribution >= 0.6 is 0 Å². The van der Waals surface area contributed by atoms with E-state index < -0.39 is 0 Å². The number of aryl methyl sites for hydroxylation is 1. The smallest absolute Gasteiger partial charge is 0.251 e. The zero-order chi connectivity index (χ0) is 19.0. The van der Waals surface area contributed by atoms with E-state index in [1.54, 1.807) is 25.5 Å². The van der Waals surface area contributed by atoms with Crippen LogP contribution in [0.5, 0.6) is 0 Å². The van der Waals surface area contributed by atoms with Crippen LogP contribution in [0, 0.1) is 12.7 Å². The molecule has 1 amide bonds. The van der Waals surface area contributed by atoms with Crippen LogP contribution in [0.3, 0.4) is 0 Å². The SMILES string of the molecule is Cc1cc(C(=O)NC2CC(c3nnc(Cn4ccnc4)n3C)C2)ccc1F. The summed E-state index contributed by atoms with van der Waals surface area (Å²) in [4.78, 5) is 16.4. The summed E-state index contributed by atoms with van der Waals surface area (Å²) in [6, 6.07) is 4.52. The summed E-state index contributed by atoms with van der Waals surface area (Å²) in [7, 11) is 1.97. The second-order valence-electron chi connectivity index (χ2n) is 7.07. The van der Waals surface area contributed by atoms with Gasteiger partial charge in [-0.25, -0.2) is 9.37 Å². The van der Waals surface area contributed by atoms with Crippen molar-refractivity contribution in [3.8, 4) is 0 Å². The average molecular weight is 368 g/mol. The van der Waals surface area contributed by atoms with Gasteiger partial charge in [0, 0.05) is 37.0 Å². The molecule has 0 radical (unpaired) electrons. The highest BCUT2D eigenvalue weighted by atomic mass is 19.1. The van der Waals surface area contributed by atoms with Gasteiger partial charge in [0.25, 0.3) is 5.91 Å². The molecule has 0 unspecified atom stereocenters. The van der Waals surface area contributed by atoms with Crippen LogP contribution in [-0.2, 0) is 13.6 Å². The van der Waals surface area contributed by atoms with Crippen LogP contribution in [0.25, 0.3) is 0 Å². The number of nitrogens with one attached hydrogen (secondary N) is 1. The Kier molecular flexibility index (Phi) is 4.47. The van der Waals surface area contributed by atoms with E-state index in [1.807, 2.05) is 22.4 Å². The molecular formula is C19H21FN6O. The van der Waals surface area contributed by atoms with Crippen molar-refractivity contribution in [1.29, 1.82) is 0 Å². The van der Waals surface area contributed by atoms with Crippen LogP contribution in [-0.4, -0.2) is 36.3 Å². The molecule has 0 aliphatic heterocycles. The van der Waals surface area contributed by atoms with E-state index in [0.717, 1.165) is 24.5 Å². The Balaban J connectivity index is 1.35. The third-order valence-corrected chi connectivity index (χ3v) is 5.14. The molecule has 0 spiro atoms. The molecule has 8 heteroatoms. The van der Waals surface area contributed by atoms with E-state index in [0.29, 0.717) is 17.7 Å². The second-order valence-corrected chi connectivity index (χ2v) is 7.07. The molecule has 1 saturated carbocycles. The fourth-order valence-electron chi connectivity index (χ4n) is 3.41. The quantitative estimate of drug-likeness (QED) is 0.749. The number of rotatable bonds is 5. The van der Waals surface area contributed by atoms with Gasteiger partial charge in [-0.1, -0.05) is 0 Å². The number of carbonyl (C=O) groups excluding carboxylic acids is 1. The Morgan fingerprint density at radius 1 is 1.33 bits per heavy atom. The van der Waals surface area contributed by atoms with Crippen molar-refractivity contribution < 1.29 is 9.18 Å². The first kappa shape index (κ1) is 17.4. The number of nitrogens with zero attached hydrogens (tertiary/aromatic N) is 5. The molecule has 1 aliphatic carbocycles. The summed E-state index contributed by atoms with van der Waals surface area (Å²) >= 11 is 0. The lowest BCUT2D eigenvalue weighted by molar-refractivity contribution is 0.0906. The minimum Gasteiger partial charge on any atom is -0.349 e. The first-order valence-electron chi connectivity index (χ1n) is 8.92. The molecule has 0 saturated heterocycles. The maximum absolute atomic E-state index is 13.3. The molecular weight excluding hydrogens is 347 g/mol. The Morgan fingerprint density at radius 3 is 2.85 bits per heavy atom. The highest BCUT2D eigenvalue weighted by Gasteiger charge is 2.35. The third-order valence-electron chi connectivity index (χ3n) is 5.14.